The van der Waals surface area contributed by atoms with Gasteiger partial charge in [0.15, 0.2) is 0 Å². The van der Waals surface area contributed by atoms with Gasteiger partial charge < -0.3 is 5.73 Å². The van der Waals surface area contributed by atoms with Crippen molar-refractivity contribution in [2.45, 2.75) is 16.0 Å². The van der Waals surface area contributed by atoms with Gasteiger partial charge in [-0.1, -0.05) is 23.9 Å². The molecule has 0 amide bonds. The molecule has 0 heterocycles. The molecule has 2 nitrogen and oxygen atoms in total. The number of rotatable bonds is 3. The SMILES string of the molecule is N=C(N)c1cc(Sc2ccccc2Br)ccc1C(F)(F)F. The molecule has 0 unspecified atom stereocenters. The molecule has 0 fully saturated rings. The fraction of sp³-hybridized carbons (Fsp3) is 0.0714. The highest BCUT2D eigenvalue weighted by molar-refractivity contribution is 9.10. The Hall–Kier alpha value is -1.47. The zero-order valence-electron chi connectivity index (χ0n) is 10.5. The lowest BCUT2D eigenvalue weighted by molar-refractivity contribution is -0.137. The zero-order chi connectivity index (χ0) is 15.6. The van der Waals surface area contributed by atoms with Crippen LogP contribution in [0.5, 0.6) is 0 Å². The summed E-state index contributed by atoms with van der Waals surface area (Å²) < 4.78 is 39.4. The summed E-state index contributed by atoms with van der Waals surface area (Å²) in [7, 11) is 0. The second kappa shape index (κ2) is 6.11. The highest BCUT2D eigenvalue weighted by Crippen LogP contribution is 2.37. The van der Waals surface area contributed by atoms with Gasteiger partial charge in [-0.05, 0) is 46.3 Å². The molecule has 0 radical (unpaired) electrons. The molecule has 0 aromatic heterocycles. The van der Waals surface area contributed by atoms with Crippen LogP contribution in [-0.2, 0) is 6.18 Å². The van der Waals surface area contributed by atoms with Crippen LogP contribution < -0.4 is 5.73 Å². The molecule has 0 bridgehead atoms. The van der Waals surface area contributed by atoms with E-state index in [0.29, 0.717) is 4.90 Å². The second-order valence-electron chi connectivity index (χ2n) is 4.15. The van der Waals surface area contributed by atoms with Crippen LogP contribution in [0.1, 0.15) is 11.1 Å². The van der Waals surface area contributed by atoms with E-state index in [1.54, 1.807) is 0 Å². The Morgan fingerprint density at radius 1 is 1.14 bits per heavy atom. The maximum Gasteiger partial charge on any atom is 0.417 e. The predicted octanol–water partition coefficient (Wildman–Crippen LogP) is 4.90. The van der Waals surface area contributed by atoms with Crippen molar-refractivity contribution in [3.05, 3.63) is 58.1 Å². The number of hydrogen-bond acceptors (Lipinski definition) is 2. The van der Waals surface area contributed by atoms with Gasteiger partial charge in [0.05, 0.1) is 5.56 Å². The summed E-state index contributed by atoms with van der Waals surface area (Å²) in [5, 5.41) is 7.33. The van der Waals surface area contributed by atoms with Gasteiger partial charge in [0.25, 0.3) is 0 Å². The number of nitrogens with one attached hydrogen (secondary N) is 1. The van der Waals surface area contributed by atoms with E-state index < -0.39 is 17.6 Å². The van der Waals surface area contributed by atoms with Crippen LogP contribution in [-0.4, -0.2) is 5.84 Å². The summed E-state index contributed by atoms with van der Waals surface area (Å²) in [6, 6.07) is 11.0. The third-order valence-corrected chi connectivity index (χ3v) is 4.67. The Morgan fingerprint density at radius 3 is 2.38 bits per heavy atom. The van der Waals surface area contributed by atoms with Crippen molar-refractivity contribution in [3.63, 3.8) is 0 Å². The van der Waals surface area contributed by atoms with Crippen molar-refractivity contribution in [3.8, 4) is 0 Å². The lowest BCUT2D eigenvalue weighted by Crippen LogP contribution is -2.18. The first-order chi connectivity index (χ1) is 9.79. The number of nitrogen functional groups attached to an aromatic ring is 1. The van der Waals surface area contributed by atoms with Gasteiger partial charge in [-0.2, -0.15) is 13.2 Å². The average molecular weight is 375 g/mol. The minimum absolute atomic E-state index is 0.306. The molecule has 3 N–H and O–H groups in total. The third kappa shape index (κ3) is 3.79. The summed E-state index contributed by atoms with van der Waals surface area (Å²) in [4.78, 5) is 1.45. The second-order valence-corrected chi connectivity index (χ2v) is 6.12. The monoisotopic (exact) mass is 374 g/mol. The van der Waals surface area contributed by atoms with E-state index in [1.165, 1.54) is 23.9 Å². The number of alkyl halides is 3. The average Bonchev–Trinajstić information content (AvgIpc) is 2.40. The summed E-state index contributed by atoms with van der Waals surface area (Å²) in [6.45, 7) is 0. The van der Waals surface area contributed by atoms with Gasteiger partial charge in [-0.15, -0.1) is 0 Å². The van der Waals surface area contributed by atoms with Crippen LogP contribution >= 0.6 is 27.7 Å². The van der Waals surface area contributed by atoms with Crippen molar-refractivity contribution in [2.24, 2.45) is 5.73 Å². The van der Waals surface area contributed by atoms with E-state index in [0.717, 1.165) is 15.4 Å². The van der Waals surface area contributed by atoms with Gasteiger partial charge in [-0.25, -0.2) is 0 Å². The van der Waals surface area contributed by atoms with E-state index >= 15 is 0 Å². The molecule has 110 valence electrons. The minimum atomic E-state index is -4.53. The Bertz CT molecular complexity index is 686. The summed E-state index contributed by atoms with van der Waals surface area (Å²) in [6.07, 6.45) is -4.53. The first-order valence-electron chi connectivity index (χ1n) is 5.77. The lowest BCUT2D eigenvalue weighted by atomic mass is 10.1. The quantitative estimate of drug-likeness (QED) is 0.592. The Labute approximate surface area is 132 Å². The van der Waals surface area contributed by atoms with Crippen LogP contribution in [0.15, 0.2) is 56.7 Å². The van der Waals surface area contributed by atoms with Crippen molar-refractivity contribution in [2.75, 3.05) is 0 Å². The van der Waals surface area contributed by atoms with E-state index in [-0.39, 0.29) is 5.56 Å². The van der Waals surface area contributed by atoms with Crippen molar-refractivity contribution in [1.82, 2.24) is 0 Å². The number of halogens is 4. The number of benzene rings is 2. The molecule has 0 saturated heterocycles. The van der Waals surface area contributed by atoms with Crippen LogP contribution in [0.25, 0.3) is 0 Å². The van der Waals surface area contributed by atoms with Crippen LogP contribution in [0.3, 0.4) is 0 Å². The summed E-state index contributed by atoms with van der Waals surface area (Å²) in [5.74, 6) is -0.600. The van der Waals surface area contributed by atoms with Crippen LogP contribution in [0, 0.1) is 5.41 Å². The third-order valence-electron chi connectivity index (χ3n) is 2.65. The fourth-order valence-electron chi connectivity index (χ4n) is 1.71. The first kappa shape index (κ1) is 15.9. The van der Waals surface area contributed by atoms with Crippen LogP contribution in [0.2, 0.25) is 0 Å². The summed E-state index contributed by atoms with van der Waals surface area (Å²) >= 11 is 4.68. The molecule has 21 heavy (non-hydrogen) atoms. The summed E-state index contributed by atoms with van der Waals surface area (Å²) in [5.41, 5.74) is 4.07. The van der Waals surface area contributed by atoms with Gasteiger partial charge >= 0.3 is 6.18 Å². The standard InChI is InChI=1S/C14H10BrF3N2S/c15-11-3-1-2-4-12(11)21-8-5-6-10(14(16,17)18)9(7-8)13(19)20/h1-7H,(H3,19,20). The van der Waals surface area contributed by atoms with Crippen LogP contribution in [0.4, 0.5) is 13.2 Å². The zero-order valence-corrected chi connectivity index (χ0v) is 12.9. The molecule has 2 rings (SSSR count). The molecule has 0 aliphatic heterocycles. The molecule has 0 aliphatic carbocycles. The van der Waals surface area contributed by atoms with Gasteiger partial charge in [0.2, 0.25) is 0 Å². The molecule has 0 atom stereocenters. The topological polar surface area (TPSA) is 49.9 Å². The smallest absolute Gasteiger partial charge is 0.384 e. The highest BCUT2D eigenvalue weighted by Gasteiger charge is 2.34. The largest absolute Gasteiger partial charge is 0.417 e. The number of hydrogen-bond donors (Lipinski definition) is 2. The molecule has 2 aromatic rings. The molecule has 0 aliphatic rings. The fourth-order valence-corrected chi connectivity index (χ4v) is 3.12. The normalized spacial score (nSPS) is 11.4. The minimum Gasteiger partial charge on any atom is -0.384 e. The van der Waals surface area contributed by atoms with E-state index in [2.05, 4.69) is 15.9 Å². The maximum absolute atomic E-state index is 12.9. The molecular weight excluding hydrogens is 365 g/mol. The molecule has 0 spiro atoms. The van der Waals surface area contributed by atoms with E-state index in [4.69, 9.17) is 11.1 Å². The molecule has 0 saturated carbocycles. The Morgan fingerprint density at radius 2 is 1.81 bits per heavy atom. The van der Waals surface area contributed by atoms with Gasteiger partial charge in [0.1, 0.15) is 5.84 Å². The molecule has 7 heteroatoms. The van der Waals surface area contributed by atoms with E-state index in [9.17, 15) is 13.2 Å². The van der Waals surface area contributed by atoms with Gasteiger partial charge in [-0.3, -0.25) is 5.41 Å². The Kier molecular flexibility index (Phi) is 4.63. The number of amidine groups is 1. The van der Waals surface area contributed by atoms with Gasteiger partial charge in [0, 0.05) is 19.8 Å². The predicted molar refractivity (Wildman–Crippen MR) is 80.7 cm³/mol. The van der Waals surface area contributed by atoms with Crippen molar-refractivity contribution < 1.29 is 13.2 Å². The maximum atomic E-state index is 12.9. The van der Waals surface area contributed by atoms with E-state index in [1.807, 2.05) is 24.3 Å². The van der Waals surface area contributed by atoms with Crippen molar-refractivity contribution >= 4 is 33.5 Å². The Balaban J connectivity index is 2.42. The lowest BCUT2D eigenvalue weighted by Gasteiger charge is -2.13. The highest BCUT2D eigenvalue weighted by atomic mass is 79.9. The van der Waals surface area contributed by atoms with Crippen molar-refractivity contribution in [1.29, 1.82) is 5.41 Å². The first-order valence-corrected chi connectivity index (χ1v) is 7.38. The number of nitrogens with two attached hydrogens (primary N) is 1. The molecular formula is C14H10BrF3N2S. The molecule has 2 aromatic carbocycles.